The van der Waals surface area contributed by atoms with Crippen LogP contribution in [0.1, 0.15) is 49.0 Å². The summed E-state index contributed by atoms with van der Waals surface area (Å²) in [6.45, 7) is 2.45. The maximum atomic E-state index is 12.6. The molecule has 1 saturated carbocycles. The van der Waals surface area contributed by atoms with Gasteiger partial charge in [0, 0.05) is 11.6 Å². The number of nitrogens with zero attached hydrogens (tertiary/aromatic N) is 2. The van der Waals surface area contributed by atoms with Gasteiger partial charge in [0.2, 0.25) is 0 Å². The number of methoxy groups -OCH3 is 1. The van der Waals surface area contributed by atoms with Gasteiger partial charge in [-0.05, 0) is 38.0 Å². The lowest BCUT2D eigenvalue weighted by molar-refractivity contribution is 0.102. The Hall–Kier alpha value is -2.50. The molecular formula is C18H23N3O3. The van der Waals surface area contributed by atoms with Crippen molar-refractivity contribution in [2.75, 3.05) is 19.0 Å². The van der Waals surface area contributed by atoms with Gasteiger partial charge in [-0.3, -0.25) is 4.79 Å². The predicted molar refractivity (Wildman–Crippen MR) is 91.8 cm³/mol. The first kappa shape index (κ1) is 16.4. The Morgan fingerprint density at radius 1 is 1.29 bits per heavy atom. The topological polar surface area (TPSA) is 65.4 Å². The summed E-state index contributed by atoms with van der Waals surface area (Å²) in [5.74, 6) is 1.73. The number of benzene rings is 1. The maximum Gasteiger partial charge on any atom is 0.256 e. The van der Waals surface area contributed by atoms with Crippen LogP contribution in [-0.4, -0.2) is 29.4 Å². The number of hydrogen-bond donors (Lipinski definition) is 1. The molecule has 1 amide bonds. The van der Waals surface area contributed by atoms with E-state index in [9.17, 15) is 4.79 Å². The van der Waals surface area contributed by atoms with Crippen LogP contribution in [0.5, 0.6) is 11.5 Å². The third-order valence-electron chi connectivity index (χ3n) is 4.31. The molecule has 2 aromatic rings. The Balaban J connectivity index is 1.77. The van der Waals surface area contributed by atoms with E-state index in [0.29, 0.717) is 29.7 Å². The van der Waals surface area contributed by atoms with Gasteiger partial charge in [0.15, 0.2) is 11.5 Å². The van der Waals surface area contributed by atoms with E-state index in [4.69, 9.17) is 9.47 Å². The van der Waals surface area contributed by atoms with Crippen LogP contribution in [0.25, 0.3) is 0 Å². The minimum atomic E-state index is -0.184. The second kappa shape index (κ2) is 7.38. The van der Waals surface area contributed by atoms with E-state index in [1.54, 1.807) is 31.5 Å². The molecule has 0 spiro atoms. The molecule has 6 nitrogen and oxygen atoms in total. The van der Waals surface area contributed by atoms with Gasteiger partial charge in [0.25, 0.3) is 5.91 Å². The van der Waals surface area contributed by atoms with E-state index in [2.05, 4.69) is 10.4 Å². The average molecular weight is 329 g/mol. The van der Waals surface area contributed by atoms with Gasteiger partial charge in [-0.2, -0.15) is 5.10 Å². The summed E-state index contributed by atoms with van der Waals surface area (Å²) >= 11 is 0. The minimum absolute atomic E-state index is 0.184. The molecule has 1 N–H and O–H groups in total. The zero-order valence-electron chi connectivity index (χ0n) is 14.1. The number of rotatable bonds is 6. The molecule has 0 atom stereocenters. The Kier molecular flexibility index (Phi) is 5.03. The number of nitrogens with one attached hydrogen (secondary N) is 1. The monoisotopic (exact) mass is 329 g/mol. The van der Waals surface area contributed by atoms with Crippen LogP contribution in [0, 0.1) is 0 Å². The first-order valence-electron chi connectivity index (χ1n) is 8.38. The number of hydrogen-bond acceptors (Lipinski definition) is 4. The van der Waals surface area contributed by atoms with Crippen LogP contribution in [-0.2, 0) is 0 Å². The van der Waals surface area contributed by atoms with Gasteiger partial charge < -0.3 is 14.8 Å². The zero-order valence-corrected chi connectivity index (χ0v) is 14.1. The van der Waals surface area contributed by atoms with Crippen LogP contribution < -0.4 is 14.8 Å². The smallest absolute Gasteiger partial charge is 0.256 e. The largest absolute Gasteiger partial charge is 0.493 e. The van der Waals surface area contributed by atoms with Crippen molar-refractivity contribution in [1.82, 2.24) is 9.78 Å². The normalized spacial score (nSPS) is 14.6. The standard InChI is InChI=1S/C18H23N3O3/c1-3-24-15-9-8-13(12-16(15)23-2)18(22)20-17-10-11-19-21(17)14-6-4-5-7-14/h8-12,14H,3-7H2,1-2H3,(H,20,22). The van der Waals surface area contributed by atoms with Crippen LogP contribution in [0.4, 0.5) is 5.82 Å². The summed E-state index contributed by atoms with van der Waals surface area (Å²) in [6, 6.07) is 7.40. The van der Waals surface area contributed by atoms with Crippen LogP contribution in [0.3, 0.4) is 0 Å². The number of amides is 1. The highest BCUT2D eigenvalue weighted by molar-refractivity contribution is 6.04. The number of ether oxygens (including phenoxy) is 2. The lowest BCUT2D eigenvalue weighted by Gasteiger charge is -2.15. The Morgan fingerprint density at radius 2 is 2.08 bits per heavy atom. The molecule has 0 saturated heterocycles. The lowest BCUT2D eigenvalue weighted by Crippen LogP contribution is -2.17. The SMILES string of the molecule is CCOc1ccc(C(=O)Nc2ccnn2C2CCCC2)cc1OC. The molecule has 0 radical (unpaired) electrons. The van der Waals surface area contributed by atoms with E-state index in [0.717, 1.165) is 18.7 Å². The molecule has 3 rings (SSSR count). The predicted octanol–water partition coefficient (Wildman–Crippen LogP) is 3.66. The molecule has 6 heteroatoms. The summed E-state index contributed by atoms with van der Waals surface area (Å²) in [4.78, 5) is 12.6. The van der Waals surface area contributed by atoms with Crippen molar-refractivity contribution < 1.29 is 14.3 Å². The fourth-order valence-corrected chi connectivity index (χ4v) is 3.13. The van der Waals surface area contributed by atoms with Crippen LogP contribution >= 0.6 is 0 Å². The van der Waals surface area contributed by atoms with Gasteiger partial charge in [-0.15, -0.1) is 0 Å². The highest BCUT2D eigenvalue weighted by atomic mass is 16.5. The van der Waals surface area contributed by atoms with Gasteiger partial charge in [-0.25, -0.2) is 4.68 Å². The highest BCUT2D eigenvalue weighted by Gasteiger charge is 2.21. The van der Waals surface area contributed by atoms with Crippen molar-refractivity contribution in [2.24, 2.45) is 0 Å². The molecule has 1 aliphatic rings. The summed E-state index contributed by atoms with van der Waals surface area (Å²) in [5, 5.41) is 7.33. The quantitative estimate of drug-likeness (QED) is 0.878. The van der Waals surface area contributed by atoms with Gasteiger partial charge in [-0.1, -0.05) is 12.8 Å². The van der Waals surface area contributed by atoms with E-state index in [1.165, 1.54) is 12.8 Å². The molecule has 1 aliphatic carbocycles. The van der Waals surface area contributed by atoms with Crippen molar-refractivity contribution in [3.05, 3.63) is 36.0 Å². The highest BCUT2D eigenvalue weighted by Crippen LogP contribution is 2.32. The molecule has 24 heavy (non-hydrogen) atoms. The Bertz CT molecular complexity index is 705. The van der Waals surface area contributed by atoms with E-state index < -0.39 is 0 Å². The van der Waals surface area contributed by atoms with E-state index in [1.807, 2.05) is 17.7 Å². The van der Waals surface area contributed by atoms with Crippen LogP contribution in [0.2, 0.25) is 0 Å². The lowest BCUT2D eigenvalue weighted by atomic mass is 10.2. The molecule has 128 valence electrons. The fraction of sp³-hybridized carbons (Fsp3) is 0.444. The van der Waals surface area contributed by atoms with Gasteiger partial charge in [0.05, 0.1) is 26.0 Å². The molecule has 1 aromatic heterocycles. The molecule has 1 fully saturated rings. The van der Waals surface area contributed by atoms with Crippen molar-refractivity contribution >= 4 is 11.7 Å². The molecule has 0 bridgehead atoms. The molecular weight excluding hydrogens is 306 g/mol. The van der Waals surface area contributed by atoms with Crippen molar-refractivity contribution in [2.45, 2.75) is 38.6 Å². The van der Waals surface area contributed by atoms with Crippen molar-refractivity contribution in [3.63, 3.8) is 0 Å². The minimum Gasteiger partial charge on any atom is -0.493 e. The number of carbonyl (C=O) groups excluding carboxylic acids is 1. The zero-order chi connectivity index (χ0) is 16.9. The third kappa shape index (κ3) is 3.37. The van der Waals surface area contributed by atoms with E-state index in [-0.39, 0.29) is 5.91 Å². The average Bonchev–Trinajstić information content (AvgIpc) is 3.26. The van der Waals surface area contributed by atoms with Gasteiger partial charge >= 0.3 is 0 Å². The summed E-state index contributed by atoms with van der Waals surface area (Å²) in [5.41, 5.74) is 0.523. The first-order valence-corrected chi connectivity index (χ1v) is 8.38. The maximum absolute atomic E-state index is 12.6. The number of aromatic nitrogens is 2. The molecule has 1 aromatic carbocycles. The van der Waals surface area contributed by atoms with Gasteiger partial charge in [0.1, 0.15) is 5.82 Å². The molecule has 0 unspecified atom stereocenters. The third-order valence-corrected chi connectivity index (χ3v) is 4.31. The Morgan fingerprint density at radius 3 is 2.79 bits per heavy atom. The number of carbonyl (C=O) groups is 1. The van der Waals surface area contributed by atoms with Crippen molar-refractivity contribution in [1.29, 1.82) is 0 Å². The second-order valence-electron chi connectivity index (χ2n) is 5.85. The van der Waals surface area contributed by atoms with E-state index >= 15 is 0 Å². The molecule has 1 heterocycles. The summed E-state index contributed by atoms with van der Waals surface area (Å²) in [6.07, 6.45) is 6.39. The second-order valence-corrected chi connectivity index (χ2v) is 5.85. The Labute approximate surface area is 141 Å². The number of anilines is 1. The summed E-state index contributed by atoms with van der Waals surface area (Å²) < 4.78 is 12.7. The summed E-state index contributed by atoms with van der Waals surface area (Å²) in [7, 11) is 1.56. The van der Waals surface area contributed by atoms with Crippen LogP contribution in [0.15, 0.2) is 30.5 Å². The first-order chi connectivity index (χ1) is 11.7. The van der Waals surface area contributed by atoms with Crippen molar-refractivity contribution in [3.8, 4) is 11.5 Å². The molecule has 0 aliphatic heterocycles. The fourth-order valence-electron chi connectivity index (χ4n) is 3.13.